The lowest BCUT2D eigenvalue weighted by molar-refractivity contribution is 0.0941. The second kappa shape index (κ2) is 9.15. The average Bonchev–Trinajstić information content (AvgIpc) is 3.47. The van der Waals surface area contributed by atoms with E-state index in [1.54, 1.807) is 23.5 Å². The summed E-state index contributed by atoms with van der Waals surface area (Å²) in [6, 6.07) is 10.9. The lowest BCUT2D eigenvalue weighted by Gasteiger charge is -2.26. The Morgan fingerprint density at radius 2 is 2.00 bits per heavy atom. The number of aromatic nitrogens is 1. The lowest BCUT2D eigenvalue weighted by atomic mass is 10.1. The second-order valence-corrected chi connectivity index (χ2v) is 9.37. The minimum absolute atomic E-state index is 0.0638. The number of nitrogens with zero attached hydrogens (tertiary/aromatic N) is 2. The van der Waals surface area contributed by atoms with Gasteiger partial charge in [0, 0.05) is 17.8 Å². The van der Waals surface area contributed by atoms with Crippen LogP contribution in [0.15, 0.2) is 41.8 Å². The molecular formula is C22H24FN3OS2. The molecule has 1 fully saturated rings. The van der Waals surface area contributed by atoms with Gasteiger partial charge in [-0.15, -0.1) is 22.7 Å². The summed E-state index contributed by atoms with van der Waals surface area (Å²) in [5.74, 6) is -0.312. The molecule has 4 nitrogen and oxygen atoms in total. The molecule has 0 saturated carbocycles. The number of nitrogens with one attached hydrogen (secondary N) is 1. The van der Waals surface area contributed by atoms with Gasteiger partial charge in [0.05, 0.1) is 16.7 Å². The molecule has 1 saturated heterocycles. The van der Waals surface area contributed by atoms with Crippen LogP contribution in [0.25, 0.3) is 0 Å². The normalized spacial score (nSPS) is 15.5. The van der Waals surface area contributed by atoms with E-state index in [9.17, 15) is 9.18 Å². The molecule has 1 N–H and O–H groups in total. The first-order valence-electron chi connectivity index (χ1n) is 9.86. The van der Waals surface area contributed by atoms with Gasteiger partial charge in [-0.2, -0.15) is 0 Å². The van der Waals surface area contributed by atoms with Crippen LogP contribution in [-0.2, 0) is 6.42 Å². The Morgan fingerprint density at radius 3 is 2.69 bits per heavy atom. The predicted molar refractivity (Wildman–Crippen MR) is 116 cm³/mol. The summed E-state index contributed by atoms with van der Waals surface area (Å²) in [7, 11) is 0. The number of hydrogen-bond acceptors (Lipinski definition) is 5. The van der Waals surface area contributed by atoms with E-state index in [-0.39, 0.29) is 17.8 Å². The smallest absolute Gasteiger partial charge is 0.263 e. The first-order valence-corrected chi connectivity index (χ1v) is 11.6. The second-order valence-electron chi connectivity index (χ2n) is 7.31. The molecular weight excluding hydrogens is 405 g/mol. The van der Waals surface area contributed by atoms with Crippen molar-refractivity contribution in [1.82, 2.24) is 15.2 Å². The van der Waals surface area contributed by atoms with Crippen molar-refractivity contribution in [2.24, 2.45) is 0 Å². The highest BCUT2D eigenvalue weighted by atomic mass is 32.1. The number of benzene rings is 1. The van der Waals surface area contributed by atoms with E-state index >= 15 is 0 Å². The summed E-state index contributed by atoms with van der Waals surface area (Å²) in [6.07, 6.45) is 3.04. The quantitative estimate of drug-likeness (QED) is 0.586. The first-order chi connectivity index (χ1) is 14.1. The van der Waals surface area contributed by atoms with Gasteiger partial charge in [-0.25, -0.2) is 9.37 Å². The number of hydrogen-bond donors (Lipinski definition) is 1. The van der Waals surface area contributed by atoms with Gasteiger partial charge in [0.15, 0.2) is 0 Å². The van der Waals surface area contributed by atoms with E-state index < -0.39 is 0 Å². The van der Waals surface area contributed by atoms with Crippen molar-refractivity contribution >= 4 is 28.6 Å². The van der Waals surface area contributed by atoms with Crippen LogP contribution in [-0.4, -0.2) is 35.4 Å². The van der Waals surface area contributed by atoms with Crippen LogP contribution in [0.1, 0.15) is 49.7 Å². The molecule has 0 aliphatic carbocycles. The number of thiophene rings is 1. The van der Waals surface area contributed by atoms with Crippen molar-refractivity contribution in [3.63, 3.8) is 0 Å². The van der Waals surface area contributed by atoms with E-state index in [2.05, 4.69) is 32.7 Å². The fourth-order valence-corrected chi connectivity index (χ4v) is 5.61. The standard InChI is InChI=1S/C22H24FN3OS2/c1-15-21(29-20(25-15)13-16-6-8-17(23)9-7-16)22(27)24-14-18(19-5-4-12-28-19)26-10-2-3-11-26/h4-9,12,18H,2-3,10-11,13-14H2,1H3,(H,24,27). The summed E-state index contributed by atoms with van der Waals surface area (Å²) < 4.78 is 13.1. The molecule has 3 heterocycles. The Morgan fingerprint density at radius 1 is 1.24 bits per heavy atom. The molecule has 0 bridgehead atoms. The molecule has 3 aromatic rings. The van der Waals surface area contributed by atoms with Crippen LogP contribution < -0.4 is 5.32 Å². The van der Waals surface area contributed by atoms with E-state index in [0.29, 0.717) is 17.8 Å². The third-order valence-corrected chi connectivity index (χ3v) is 7.35. The summed E-state index contributed by atoms with van der Waals surface area (Å²) in [6.45, 7) is 4.64. The Balaban J connectivity index is 1.42. The SMILES string of the molecule is Cc1nc(Cc2ccc(F)cc2)sc1C(=O)NCC(c1cccs1)N1CCCC1. The van der Waals surface area contributed by atoms with Gasteiger partial charge in [-0.3, -0.25) is 9.69 Å². The number of carbonyl (C=O) groups excluding carboxylic acids is 1. The van der Waals surface area contributed by atoms with Crippen molar-refractivity contribution < 1.29 is 9.18 Å². The molecule has 2 aromatic heterocycles. The fourth-order valence-electron chi connectivity index (χ4n) is 3.73. The third-order valence-electron chi connectivity index (χ3n) is 5.22. The maximum Gasteiger partial charge on any atom is 0.263 e. The van der Waals surface area contributed by atoms with Crippen LogP contribution in [0, 0.1) is 12.7 Å². The minimum Gasteiger partial charge on any atom is -0.349 e. The number of amides is 1. The van der Waals surface area contributed by atoms with Crippen LogP contribution in [0.4, 0.5) is 4.39 Å². The van der Waals surface area contributed by atoms with Gasteiger partial charge in [0.2, 0.25) is 0 Å². The molecule has 1 unspecified atom stereocenters. The highest BCUT2D eigenvalue weighted by Crippen LogP contribution is 2.28. The van der Waals surface area contributed by atoms with Crippen LogP contribution in [0.3, 0.4) is 0 Å². The molecule has 1 aliphatic heterocycles. The number of likely N-dealkylation sites (tertiary alicyclic amines) is 1. The Labute approximate surface area is 178 Å². The molecule has 1 amide bonds. The van der Waals surface area contributed by atoms with Crippen LogP contribution in [0.5, 0.6) is 0 Å². The molecule has 4 rings (SSSR count). The van der Waals surface area contributed by atoms with E-state index in [4.69, 9.17) is 0 Å². The van der Waals surface area contributed by atoms with Gasteiger partial charge in [0.1, 0.15) is 10.7 Å². The van der Waals surface area contributed by atoms with Crippen molar-refractivity contribution in [1.29, 1.82) is 0 Å². The topological polar surface area (TPSA) is 45.2 Å². The van der Waals surface area contributed by atoms with Crippen molar-refractivity contribution in [2.45, 2.75) is 32.2 Å². The van der Waals surface area contributed by atoms with Gasteiger partial charge in [-0.1, -0.05) is 18.2 Å². The number of rotatable bonds is 7. The molecule has 0 radical (unpaired) electrons. The summed E-state index contributed by atoms with van der Waals surface area (Å²) in [4.78, 5) is 21.8. The molecule has 1 atom stereocenters. The molecule has 1 aliphatic rings. The van der Waals surface area contributed by atoms with E-state index in [1.807, 2.05) is 6.92 Å². The van der Waals surface area contributed by atoms with E-state index in [1.165, 1.54) is 41.2 Å². The summed E-state index contributed by atoms with van der Waals surface area (Å²) in [5.41, 5.74) is 1.73. The highest BCUT2D eigenvalue weighted by molar-refractivity contribution is 7.13. The fraction of sp³-hybridized carbons (Fsp3) is 0.364. The van der Waals surface area contributed by atoms with Gasteiger partial charge < -0.3 is 5.32 Å². The largest absolute Gasteiger partial charge is 0.349 e. The molecule has 7 heteroatoms. The number of aryl methyl sites for hydroxylation is 1. The Kier molecular flexibility index (Phi) is 6.37. The molecule has 0 spiro atoms. The van der Waals surface area contributed by atoms with Crippen LogP contribution in [0.2, 0.25) is 0 Å². The van der Waals surface area contributed by atoms with Gasteiger partial charge >= 0.3 is 0 Å². The summed E-state index contributed by atoms with van der Waals surface area (Å²) in [5, 5.41) is 6.10. The maximum absolute atomic E-state index is 13.1. The zero-order chi connectivity index (χ0) is 20.2. The van der Waals surface area contributed by atoms with Gasteiger partial charge in [-0.05, 0) is 62.0 Å². The van der Waals surface area contributed by atoms with E-state index in [0.717, 1.165) is 29.4 Å². The Hall–Kier alpha value is -2.09. The Bertz CT molecular complexity index is 947. The number of thiazole rings is 1. The highest BCUT2D eigenvalue weighted by Gasteiger charge is 2.25. The number of carbonyl (C=O) groups is 1. The van der Waals surface area contributed by atoms with Crippen molar-refractivity contribution in [3.05, 3.63) is 73.6 Å². The molecule has 29 heavy (non-hydrogen) atoms. The zero-order valence-electron chi connectivity index (χ0n) is 16.4. The third kappa shape index (κ3) is 4.91. The lowest BCUT2D eigenvalue weighted by Crippen LogP contribution is -2.36. The zero-order valence-corrected chi connectivity index (χ0v) is 18.0. The van der Waals surface area contributed by atoms with Crippen molar-refractivity contribution in [2.75, 3.05) is 19.6 Å². The van der Waals surface area contributed by atoms with Crippen molar-refractivity contribution in [3.8, 4) is 0 Å². The van der Waals surface area contributed by atoms with Crippen LogP contribution >= 0.6 is 22.7 Å². The maximum atomic E-state index is 13.1. The first kappa shape index (κ1) is 20.2. The minimum atomic E-state index is -0.248. The molecule has 152 valence electrons. The monoisotopic (exact) mass is 429 g/mol. The number of halogens is 1. The summed E-state index contributed by atoms with van der Waals surface area (Å²) >= 11 is 3.17. The van der Waals surface area contributed by atoms with Gasteiger partial charge in [0.25, 0.3) is 5.91 Å². The average molecular weight is 430 g/mol. The predicted octanol–water partition coefficient (Wildman–Crippen LogP) is 4.81. The molecule has 1 aromatic carbocycles.